The van der Waals surface area contributed by atoms with Gasteiger partial charge in [-0.05, 0) is 20.4 Å². The van der Waals surface area contributed by atoms with Crippen LogP contribution in [0.3, 0.4) is 0 Å². The van der Waals surface area contributed by atoms with E-state index in [0.717, 1.165) is 23.4 Å². The number of nitrogens with one attached hydrogen (secondary N) is 1. The van der Waals surface area contributed by atoms with Gasteiger partial charge in [-0.25, -0.2) is 0 Å². The summed E-state index contributed by atoms with van der Waals surface area (Å²) in [5.74, 6) is 0. The fourth-order valence-electron chi connectivity index (χ4n) is 1.95. The number of rotatable bonds is 4. The SMILES string of the molecule is CNC(Cc1c(C)nn(C)c1Cl)c1cnccn1. The molecule has 0 fully saturated rings. The molecular weight excluding hydrogens is 250 g/mol. The van der Waals surface area contributed by atoms with Crippen molar-refractivity contribution in [3.05, 3.63) is 40.7 Å². The molecule has 6 heteroatoms. The number of hydrogen-bond donors (Lipinski definition) is 1. The summed E-state index contributed by atoms with van der Waals surface area (Å²) >= 11 is 6.24. The molecule has 0 saturated heterocycles. The third-order valence-electron chi connectivity index (χ3n) is 2.97. The van der Waals surface area contributed by atoms with Crippen LogP contribution in [0.1, 0.15) is 23.0 Å². The summed E-state index contributed by atoms with van der Waals surface area (Å²) in [4.78, 5) is 8.41. The molecule has 0 aliphatic rings. The largest absolute Gasteiger partial charge is 0.311 e. The lowest BCUT2D eigenvalue weighted by molar-refractivity contribution is 0.572. The predicted octanol–water partition coefficient (Wildman–Crippen LogP) is 1.68. The molecule has 2 rings (SSSR count). The highest BCUT2D eigenvalue weighted by Gasteiger charge is 2.18. The number of aromatic nitrogens is 4. The van der Waals surface area contributed by atoms with E-state index in [2.05, 4.69) is 20.4 Å². The maximum absolute atomic E-state index is 6.24. The van der Waals surface area contributed by atoms with Crippen molar-refractivity contribution >= 4 is 11.6 Å². The Morgan fingerprint density at radius 2 is 2.22 bits per heavy atom. The normalized spacial score (nSPS) is 12.7. The number of halogens is 1. The van der Waals surface area contributed by atoms with Crippen molar-refractivity contribution in [2.45, 2.75) is 19.4 Å². The first-order valence-corrected chi connectivity index (χ1v) is 6.12. The van der Waals surface area contributed by atoms with Crippen molar-refractivity contribution in [3.63, 3.8) is 0 Å². The molecule has 0 radical (unpaired) electrons. The Kier molecular flexibility index (Phi) is 3.93. The zero-order chi connectivity index (χ0) is 13.1. The summed E-state index contributed by atoms with van der Waals surface area (Å²) in [6, 6.07) is 0.0825. The van der Waals surface area contributed by atoms with Gasteiger partial charge in [0.05, 0.1) is 17.4 Å². The van der Waals surface area contributed by atoms with Gasteiger partial charge in [-0.15, -0.1) is 0 Å². The van der Waals surface area contributed by atoms with Crippen LogP contribution in [0.5, 0.6) is 0 Å². The second-order valence-electron chi connectivity index (χ2n) is 4.15. The number of nitrogens with zero attached hydrogens (tertiary/aromatic N) is 4. The molecular formula is C12H16ClN5. The minimum Gasteiger partial charge on any atom is -0.311 e. The minimum absolute atomic E-state index is 0.0825. The first-order chi connectivity index (χ1) is 8.63. The van der Waals surface area contributed by atoms with Crippen molar-refractivity contribution in [3.8, 4) is 0 Å². The van der Waals surface area contributed by atoms with Crippen molar-refractivity contribution in [1.82, 2.24) is 25.1 Å². The Balaban J connectivity index is 2.26. The van der Waals surface area contributed by atoms with Crippen LogP contribution in [-0.4, -0.2) is 26.8 Å². The van der Waals surface area contributed by atoms with E-state index in [1.165, 1.54) is 0 Å². The van der Waals surface area contributed by atoms with Crippen LogP contribution >= 0.6 is 11.6 Å². The Hall–Kier alpha value is -1.46. The quantitative estimate of drug-likeness (QED) is 0.914. The van der Waals surface area contributed by atoms with E-state index < -0.39 is 0 Å². The first-order valence-electron chi connectivity index (χ1n) is 5.74. The molecule has 1 unspecified atom stereocenters. The van der Waals surface area contributed by atoms with Gasteiger partial charge in [0, 0.05) is 31.2 Å². The van der Waals surface area contributed by atoms with E-state index in [4.69, 9.17) is 11.6 Å². The first kappa shape index (κ1) is 13.0. The van der Waals surface area contributed by atoms with Gasteiger partial charge in [-0.2, -0.15) is 5.10 Å². The van der Waals surface area contributed by atoms with Gasteiger partial charge in [0.1, 0.15) is 5.15 Å². The fourth-order valence-corrected chi connectivity index (χ4v) is 2.21. The second-order valence-corrected chi connectivity index (χ2v) is 4.51. The molecule has 0 saturated carbocycles. The van der Waals surface area contributed by atoms with Crippen LogP contribution in [0.2, 0.25) is 5.15 Å². The molecule has 2 aromatic rings. The van der Waals surface area contributed by atoms with Crippen LogP contribution in [-0.2, 0) is 13.5 Å². The molecule has 5 nitrogen and oxygen atoms in total. The Bertz CT molecular complexity index is 523. The van der Waals surface area contributed by atoms with Crippen LogP contribution in [0.15, 0.2) is 18.6 Å². The van der Waals surface area contributed by atoms with Crippen LogP contribution in [0.4, 0.5) is 0 Å². The summed E-state index contributed by atoms with van der Waals surface area (Å²) < 4.78 is 1.69. The van der Waals surface area contributed by atoms with E-state index in [1.54, 1.807) is 23.3 Å². The summed E-state index contributed by atoms with van der Waals surface area (Å²) in [5.41, 5.74) is 2.90. The topological polar surface area (TPSA) is 55.6 Å². The maximum atomic E-state index is 6.24. The van der Waals surface area contributed by atoms with Crippen LogP contribution in [0.25, 0.3) is 0 Å². The molecule has 1 atom stereocenters. The zero-order valence-electron chi connectivity index (χ0n) is 10.7. The van der Waals surface area contributed by atoms with Gasteiger partial charge >= 0.3 is 0 Å². The summed E-state index contributed by atoms with van der Waals surface area (Å²) in [7, 11) is 3.74. The average molecular weight is 266 g/mol. The molecule has 0 aliphatic heterocycles. The highest BCUT2D eigenvalue weighted by molar-refractivity contribution is 6.30. The average Bonchev–Trinajstić information content (AvgIpc) is 2.62. The fraction of sp³-hybridized carbons (Fsp3) is 0.417. The molecule has 18 heavy (non-hydrogen) atoms. The molecule has 0 aliphatic carbocycles. The van der Waals surface area contributed by atoms with Gasteiger partial charge in [-0.1, -0.05) is 11.6 Å². The zero-order valence-corrected chi connectivity index (χ0v) is 11.4. The van der Waals surface area contributed by atoms with Gasteiger partial charge in [0.25, 0.3) is 0 Å². The van der Waals surface area contributed by atoms with Crippen molar-refractivity contribution in [1.29, 1.82) is 0 Å². The van der Waals surface area contributed by atoms with E-state index in [1.807, 2.05) is 21.0 Å². The van der Waals surface area contributed by atoms with Gasteiger partial charge in [0.2, 0.25) is 0 Å². The molecule has 2 aromatic heterocycles. The molecule has 0 bridgehead atoms. The lowest BCUT2D eigenvalue weighted by Gasteiger charge is -2.14. The summed E-state index contributed by atoms with van der Waals surface area (Å²) in [5, 5.41) is 8.22. The van der Waals surface area contributed by atoms with Gasteiger partial charge < -0.3 is 5.32 Å². The second kappa shape index (κ2) is 5.46. The van der Waals surface area contributed by atoms with Crippen molar-refractivity contribution in [2.24, 2.45) is 7.05 Å². The number of likely N-dealkylation sites (N-methyl/N-ethyl adjacent to an activating group) is 1. The molecule has 0 spiro atoms. The summed E-state index contributed by atoms with van der Waals surface area (Å²) in [6.45, 7) is 1.96. The third kappa shape index (κ3) is 2.52. The van der Waals surface area contributed by atoms with E-state index in [-0.39, 0.29) is 6.04 Å². The Morgan fingerprint density at radius 3 is 2.72 bits per heavy atom. The van der Waals surface area contributed by atoms with E-state index in [0.29, 0.717) is 5.15 Å². The highest BCUT2D eigenvalue weighted by Crippen LogP contribution is 2.24. The standard InChI is InChI=1S/C12H16ClN5/c1-8-9(12(13)18(3)17-8)6-10(14-2)11-7-15-4-5-16-11/h4-5,7,10,14H,6H2,1-3H3. The Labute approximate surface area is 111 Å². The van der Waals surface area contributed by atoms with Crippen molar-refractivity contribution in [2.75, 3.05) is 7.05 Å². The number of aryl methyl sites for hydroxylation is 2. The smallest absolute Gasteiger partial charge is 0.130 e. The summed E-state index contributed by atoms with van der Waals surface area (Å²) in [6.07, 6.45) is 5.87. The minimum atomic E-state index is 0.0825. The number of hydrogen-bond acceptors (Lipinski definition) is 4. The molecule has 1 N–H and O–H groups in total. The van der Waals surface area contributed by atoms with E-state index in [9.17, 15) is 0 Å². The van der Waals surface area contributed by atoms with Crippen LogP contribution in [0, 0.1) is 6.92 Å². The lowest BCUT2D eigenvalue weighted by Crippen LogP contribution is -2.20. The third-order valence-corrected chi connectivity index (χ3v) is 3.44. The van der Waals surface area contributed by atoms with Crippen molar-refractivity contribution < 1.29 is 0 Å². The predicted molar refractivity (Wildman–Crippen MR) is 70.5 cm³/mol. The monoisotopic (exact) mass is 265 g/mol. The van der Waals surface area contributed by atoms with Crippen LogP contribution < -0.4 is 5.32 Å². The van der Waals surface area contributed by atoms with Gasteiger partial charge in [-0.3, -0.25) is 14.6 Å². The highest BCUT2D eigenvalue weighted by atomic mass is 35.5. The van der Waals surface area contributed by atoms with Gasteiger partial charge in [0.15, 0.2) is 0 Å². The molecule has 96 valence electrons. The van der Waals surface area contributed by atoms with E-state index >= 15 is 0 Å². The molecule has 2 heterocycles. The maximum Gasteiger partial charge on any atom is 0.130 e. The molecule has 0 amide bonds. The lowest BCUT2D eigenvalue weighted by atomic mass is 10.0. The molecule has 0 aromatic carbocycles. The Morgan fingerprint density at radius 1 is 1.44 bits per heavy atom.